The van der Waals surface area contributed by atoms with Crippen LogP contribution in [0, 0.1) is 0 Å². The van der Waals surface area contributed by atoms with Gasteiger partial charge in [-0.2, -0.15) is 0 Å². The first kappa shape index (κ1) is 12.4. The Morgan fingerprint density at radius 1 is 1.41 bits per heavy atom. The zero-order valence-corrected chi connectivity index (χ0v) is 10.8. The van der Waals surface area contributed by atoms with E-state index in [-0.39, 0.29) is 5.75 Å². The molecule has 17 heavy (non-hydrogen) atoms. The third kappa shape index (κ3) is 2.98. The van der Waals surface area contributed by atoms with Crippen molar-refractivity contribution in [2.75, 3.05) is 17.6 Å². The molecule has 1 aromatic rings. The third-order valence-corrected chi connectivity index (χ3v) is 4.37. The van der Waals surface area contributed by atoms with Gasteiger partial charge in [-0.3, -0.25) is 0 Å². The standard InChI is InChI=1S/C12H18N2O2S/c1-2-17(15,16)14-9-11-6-3-5-10-7-4-8-13-12(10)11/h3,5-6,13-14H,2,4,7-9H2,1H3. The van der Waals surface area contributed by atoms with Crippen molar-refractivity contribution in [3.8, 4) is 0 Å². The number of nitrogens with one attached hydrogen (secondary N) is 2. The molecule has 2 N–H and O–H groups in total. The van der Waals surface area contributed by atoms with E-state index in [9.17, 15) is 8.42 Å². The molecule has 4 nitrogen and oxygen atoms in total. The molecule has 0 saturated carbocycles. The molecule has 0 radical (unpaired) electrons. The molecule has 1 aliphatic rings. The van der Waals surface area contributed by atoms with Gasteiger partial charge in [0, 0.05) is 18.8 Å². The van der Waals surface area contributed by atoms with Crippen LogP contribution in [0.3, 0.4) is 0 Å². The van der Waals surface area contributed by atoms with Crippen molar-refractivity contribution in [3.63, 3.8) is 0 Å². The fraction of sp³-hybridized carbons (Fsp3) is 0.500. The summed E-state index contributed by atoms with van der Waals surface area (Å²) in [4.78, 5) is 0. The molecule has 0 aromatic heterocycles. The van der Waals surface area contributed by atoms with Gasteiger partial charge in [0.2, 0.25) is 10.0 Å². The number of aryl methyl sites for hydroxylation is 1. The van der Waals surface area contributed by atoms with E-state index in [0.717, 1.165) is 30.6 Å². The highest BCUT2D eigenvalue weighted by Crippen LogP contribution is 2.25. The van der Waals surface area contributed by atoms with E-state index in [0.29, 0.717) is 6.54 Å². The molecular weight excluding hydrogens is 236 g/mol. The Hall–Kier alpha value is -1.07. The topological polar surface area (TPSA) is 58.2 Å². The summed E-state index contributed by atoms with van der Waals surface area (Å²) in [6, 6.07) is 6.05. The lowest BCUT2D eigenvalue weighted by Crippen LogP contribution is -2.26. The van der Waals surface area contributed by atoms with Gasteiger partial charge in [0.15, 0.2) is 0 Å². The second-order valence-corrected chi connectivity index (χ2v) is 6.30. The van der Waals surface area contributed by atoms with Gasteiger partial charge in [-0.15, -0.1) is 0 Å². The molecule has 0 unspecified atom stereocenters. The van der Waals surface area contributed by atoms with Gasteiger partial charge >= 0.3 is 0 Å². The van der Waals surface area contributed by atoms with Crippen molar-refractivity contribution in [1.82, 2.24) is 4.72 Å². The summed E-state index contributed by atoms with van der Waals surface area (Å²) in [6.07, 6.45) is 2.20. The molecule has 1 aliphatic heterocycles. The van der Waals surface area contributed by atoms with Gasteiger partial charge in [-0.05, 0) is 30.9 Å². The van der Waals surface area contributed by atoms with Crippen molar-refractivity contribution in [2.45, 2.75) is 26.3 Å². The number of para-hydroxylation sites is 1. The van der Waals surface area contributed by atoms with E-state index in [1.165, 1.54) is 5.56 Å². The molecule has 0 saturated heterocycles. The van der Waals surface area contributed by atoms with E-state index < -0.39 is 10.0 Å². The molecule has 1 aromatic carbocycles. The quantitative estimate of drug-likeness (QED) is 0.855. The van der Waals surface area contributed by atoms with Crippen LogP contribution in [0.2, 0.25) is 0 Å². The maximum Gasteiger partial charge on any atom is 0.211 e. The van der Waals surface area contributed by atoms with Crippen molar-refractivity contribution in [3.05, 3.63) is 29.3 Å². The Morgan fingerprint density at radius 3 is 3.00 bits per heavy atom. The minimum atomic E-state index is -3.12. The highest BCUT2D eigenvalue weighted by atomic mass is 32.2. The zero-order chi connectivity index (χ0) is 12.3. The van der Waals surface area contributed by atoms with Crippen molar-refractivity contribution in [1.29, 1.82) is 0 Å². The average Bonchev–Trinajstić information content (AvgIpc) is 2.36. The molecule has 0 amide bonds. The predicted octanol–water partition coefficient (Wildman–Crippen LogP) is 1.48. The van der Waals surface area contributed by atoms with Gasteiger partial charge in [0.1, 0.15) is 0 Å². The minimum Gasteiger partial charge on any atom is -0.385 e. The number of rotatable bonds is 4. The molecule has 0 spiro atoms. The molecular formula is C12H18N2O2S. The van der Waals surface area contributed by atoms with Crippen LogP contribution < -0.4 is 10.0 Å². The summed E-state index contributed by atoms with van der Waals surface area (Å²) in [7, 11) is -3.12. The van der Waals surface area contributed by atoms with Crippen LogP contribution in [0.15, 0.2) is 18.2 Å². The Kier molecular flexibility index (Phi) is 3.69. The summed E-state index contributed by atoms with van der Waals surface area (Å²) >= 11 is 0. The zero-order valence-electron chi connectivity index (χ0n) is 9.99. The van der Waals surface area contributed by atoms with E-state index in [1.807, 2.05) is 12.1 Å². The Labute approximate surface area is 102 Å². The number of anilines is 1. The first-order chi connectivity index (χ1) is 8.12. The summed E-state index contributed by atoms with van der Waals surface area (Å²) in [5, 5.41) is 3.35. The fourth-order valence-corrected chi connectivity index (χ4v) is 2.60. The van der Waals surface area contributed by atoms with Crippen LogP contribution in [0.4, 0.5) is 5.69 Å². The van der Waals surface area contributed by atoms with Crippen LogP contribution in [-0.2, 0) is 23.0 Å². The fourth-order valence-electron chi connectivity index (χ4n) is 2.02. The monoisotopic (exact) mass is 254 g/mol. The van der Waals surface area contributed by atoms with Crippen LogP contribution in [0.5, 0.6) is 0 Å². The Balaban J connectivity index is 2.16. The van der Waals surface area contributed by atoms with E-state index in [1.54, 1.807) is 6.92 Å². The van der Waals surface area contributed by atoms with Crippen LogP contribution >= 0.6 is 0 Å². The van der Waals surface area contributed by atoms with Gasteiger partial charge in [0.25, 0.3) is 0 Å². The van der Waals surface area contributed by atoms with Gasteiger partial charge in [0.05, 0.1) is 5.75 Å². The van der Waals surface area contributed by atoms with Gasteiger partial charge < -0.3 is 5.32 Å². The molecule has 0 aliphatic carbocycles. The first-order valence-corrected chi connectivity index (χ1v) is 7.59. The minimum absolute atomic E-state index is 0.120. The maximum absolute atomic E-state index is 11.4. The first-order valence-electron chi connectivity index (χ1n) is 5.94. The van der Waals surface area contributed by atoms with Gasteiger partial charge in [-0.25, -0.2) is 13.1 Å². The van der Waals surface area contributed by atoms with E-state index in [4.69, 9.17) is 0 Å². The highest BCUT2D eigenvalue weighted by molar-refractivity contribution is 7.89. The summed E-state index contributed by atoms with van der Waals surface area (Å²) in [5.74, 6) is 0.120. The second-order valence-electron chi connectivity index (χ2n) is 4.21. The number of sulfonamides is 1. The Bertz CT molecular complexity index is 497. The molecule has 1 heterocycles. The van der Waals surface area contributed by atoms with E-state index in [2.05, 4.69) is 16.1 Å². The van der Waals surface area contributed by atoms with Gasteiger partial charge in [-0.1, -0.05) is 18.2 Å². The summed E-state index contributed by atoms with van der Waals surface area (Å²) in [5.41, 5.74) is 3.42. The molecule has 0 bridgehead atoms. The number of benzene rings is 1. The van der Waals surface area contributed by atoms with E-state index >= 15 is 0 Å². The van der Waals surface area contributed by atoms with Crippen molar-refractivity contribution in [2.24, 2.45) is 0 Å². The molecule has 2 rings (SSSR count). The molecule has 5 heteroatoms. The van der Waals surface area contributed by atoms with Crippen LogP contribution in [0.25, 0.3) is 0 Å². The number of hydrogen-bond acceptors (Lipinski definition) is 3. The molecule has 0 fully saturated rings. The largest absolute Gasteiger partial charge is 0.385 e. The number of hydrogen-bond donors (Lipinski definition) is 2. The van der Waals surface area contributed by atoms with Crippen molar-refractivity contribution >= 4 is 15.7 Å². The molecule has 0 atom stereocenters. The smallest absolute Gasteiger partial charge is 0.211 e. The van der Waals surface area contributed by atoms with Crippen LogP contribution in [-0.4, -0.2) is 20.7 Å². The second kappa shape index (κ2) is 5.06. The lowest BCUT2D eigenvalue weighted by Gasteiger charge is -2.21. The Morgan fingerprint density at radius 2 is 2.24 bits per heavy atom. The SMILES string of the molecule is CCS(=O)(=O)NCc1cccc2c1NCCC2. The third-order valence-electron chi connectivity index (χ3n) is 3.02. The maximum atomic E-state index is 11.4. The lowest BCUT2D eigenvalue weighted by molar-refractivity contribution is 0.582. The van der Waals surface area contributed by atoms with Crippen LogP contribution in [0.1, 0.15) is 24.5 Å². The van der Waals surface area contributed by atoms with Crippen molar-refractivity contribution < 1.29 is 8.42 Å². The predicted molar refractivity (Wildman–Crippen MR) is 69.6 cm³/mol. The summed E-state index contributed by atoms with van der Waals surface area (Å²) < 4.78 is 25.4. The average molecular weight is 254 g/mol. The highest BCUT2D eigenvalue weighted by Gasteiger charge is 2.13. The number of fused-ring (bicyclic) bond motifs is 1. The normalized spacial score (nSPS) is 15.1. The summed E-state index contributed by atoms with van der Waals surface area (Å²) in [6.45, 7) is 2.97. The molecule has 94 valence electrons. The lowest BCUT2D eigenvalue weighted by atomic mass is 9.99.